The van der Waals surface area contributed by atoms with Gasteiger partial charge < -0.3 is 9.47 Å². The summed E-state index contributed by atoms with van der Waals surface area (Å²) in [4.78, 5) is 5.63. The largest absolute Gasteiger partial charge is 0.497 e. The molecule has 18 heavy (non-hydrogen) atoms. The third kappa shape index (κ3) is 3.37. The van der Waals surface area contributed by atoms with E-state index in [0.29, 0.717) is 12.6 Å². The van der Waals surface area contributed by atoms with Gasteiger partial charge in [0.15, 0.2) is 0 Å². The highest BCUT2D eigenvalue weighted by atomic mass is 16.7. The second-order valence-electron chi connectivity index (χ2n) is 4.52. The summed E-state index contributed by atoms with van der Waals surface area (Å²) in [5, 5.41) is 0. The predicted molar refractivity (Wildman–Crippen MR) is 69.7 cm³/mol. The third-order valence-electron chi connectivity index (χ3n) is 3.31. The van der Waals surface area contributed by atoms with Crippen LogP contribution in [0.15, 0.2) is 18.2 Å². The fraction of sp³-hybridized carbons (Fsp3) is 0.571. The monoisotopic (exact) mass is 251 g/mol. The van der Waals surface area contributed by atoms with Crippen molar-refractivity contribution in [1.29, 1.82) is 0 Å². The first-order valence-electron chi connectivity index (χ1n) is 6.43. The number of hydroxylamine groups is 1. The summed E-state index contributed by atoms with van der Waals surface area (Å²) >= 11 is 0. The summed E-state index contributed by atoms with van der Waals surface area (Å²) < 4.78 is 10.5. The summed E-state index contributed by atoms with van der Waals surface area (Å²) in [7, 11) is 3.31. The van der Waals surface area contributed by atoms with E-state index in [4.69, 9.17) is 14.3 Å². The van der Waals surface area contributed by atoms with Gasteiger partial charge in [-0.1, -0.05) is 18.9 Å². The molecule has 2 rings (SSSR count). The first kappa shape index (κ1) is 13.2. The van der Waals surface area contributed by atoms with Crippen molar-refractivity contribution in [2.45, 2.75) is 38.3 Å². The summed E-state index contributed by atoms with van der Waals surface area (Å²) in [6, 6.07) is 5.80. The molecule has 0 radical (unpaired) electrons. The van der Waals surface area contributed by atoms with Crippen molar-refractivity contribution in [3.63, 3.8) is 0 Å². The zero-order valence-corrected chi connectivity index (χ0v) is 11.1. The van der Waals surface area contributed by atoms with Gasteiger partial charge in [-0.05, 0) is 18.9 Å². The Hall–Kier alpha value is -1.26. The van der Waals surface area contributed by atoms with Crippen LogP contribution in [0, 0.1) is 0 Å². The first-order valence-corrected chi connectivity index (χ1v) is 6.43. The van der Waals surface area contributed by atoms with Crippen LogP contribution in [0.5, 0.6) is 11.5 Å². The molecule has 0 heterocycles. The molecule has 4 heteroatoms. The lowest BCUT2D eigenvalue weighted by molar-refractivity contribution is -0.0246. The predicted octanol–water partition coefficient (Wildman–Crippen LogP) is 2.67. The van der Waals surface area contributed by atoms with Crippen molar-refractivity contribution in [3.05, 3.63) is 23.8 Å². The minimum Gasteiger partial charge on any atom is -0.497 e. The van der Waals surface area contributed by atoms with E-state index in [1.165, 1.54) is 12.8 Å². The normalized spacial score (nSPS) is 15.9. The Labute approximate surface area is 108 Å². The molecule has 0 spiro atoms. The molecule has 0 atom stereocenters. The van der Waals surface area contributed by atoms with Gasteiger partial charge in [-0.3, -0.25) is 4.84 Å². The Morgan fingerprint density at radius 2 is 1.94 bits per heavy atom. The molecular weight excluding hydrogens is 230 g/mol. The lowest BCUT2D eigenvalue weighted by Crippen LogP contribution is -2.21. The lowest BCUT2D eigenvalue weighted by Gasteiger charge is -2.14. The van der Waals surface area contributed by atoms with Gasteiger partial charge in [0, 0.05) is 18.2 Å². The molecule has 0 aromatic heterocycles. The van der Waals surface area contributed by atoms with Crippen LogP contribution in [0.4, 0.5) is 0 Å². The third-order valence-corrected chi connectivity index (χ3v) is 3.31. The Morgan fingerprint density at radius 3 is 2.61 bits per heavy atom. The number of hydrogen-bond acceptors (Lipinski definition) is 4. The van der Waals surface area contributed by atoms with Gasteiger partial charge in [0.2, 0.25) is 0 Å². The van der Waals surface area contributed by atoms with Gasteiger partial charge in [-0.15, -0.1) is 0 Å². The SMILES string of the molecule is COc1ccc(CNOC2CCCC2)c(OC)c1. The maximum atomic E-state index is 5.63. The molecule has 0 aliphatic heterocycles. The van der Waals surface area contributed by atoms with Crippen LogP contribution < -0.4 is 15.0 Å². The highest BCUT2D eigenvalue weighted by Gasteiger charge is 2.15. The molecule has 0 unspecified atom stereocenters. The number of benzene rings is 1. The summed E-state index contributed by atoms with van der Waals surface area (Å²) in [5.41, 5.74) is 4.10. The van der Waals surface area contributed by atoms with Gasteiger partial charge in [0.25, 0.3) is 0 Å². The molecule has 0 bridgehead atoms. The Bertz CT molecular complexity index is 375. The fourth-order valence-corrected chi connectivity index (χ4v) is 2.24. The molecule has 1 aliphatic rings. The molecule has 1 N–H and O–H groups in total. The highest BCUT2D eigenvalue weighted by Crippen LogP contribution is 2.25. The number of methoxy groups -OCH3 is 2. The molecular formula is C14H21NO3. The Balaban J connectivity index is 1.87. The van der Waals surface area contributed by atoms with Crippen molar-refractivity contribution in [3.8, 4) is 11.5 Å². The molecule has 1 aromatic carbocycles. The van der Waals surface area contributed by atoms with E-state index in [9.17, 15) is 0 Å². The van der Waals surface area contributed by atoms with E-state index in [1.807, 2.05) is 18.2 Å². The fourth-order valence-electron chi connectivity index (χ4n) is 2.24. The van der Waals surface area contributed by atoms with Crippen LogP contribution in [0.3, 0.4) is 0 Å². The van der Waals surface area contributed by atoms with E-state index in [0.717, 1.165) is 29.9 Å². The van der Waals surface area contributed by atoms with E-state index in [1.54, 1.807) is 14.2 Å². The maximum Gasteiger partial charge on any atom is 0.127 e. The number of rotatable bonds is 6. The summed E-state index contributed by atoms with van der Waals surface area (Å²) in [6.45, 7) is 0.643. The van der Waals surface area contributed by atoms with Crippen LogP contribution in [0.1, 0.15) is 31.2 Å². The maximum absolute atomic E-state index is 5.63. The topological polar surface area (TPSA) is 39.7 Å². The molecule has 0 saturated heterocycles. The van der Waals surface area contributed by atoms with E-state index >= 15 is 0 Å². The highest BCUT2D eigenvalue weighted by molar-refractivity contribution is 5.40. The average molecular weight is 251 g/mol. The minimum absolute atomic E-state index is 0.370. The summed E-state index contributed by atoms with van der Waals surface area (Å²) in [5.74, 6) is 1.61. The van der Waals surface area contributed by atoms with Gasteiger partial charge >= 0.3 is 0 Å². The number of hydrogen-bond donors (Lipinski definition) is 1. The molecule has 1 fully saturated rings. The second kappa shape index (κ2) is 6.61. The Kier molecular flexibility index (Phi) is 4.84. The zero-order valence-electron chi connectivity index (χ0n) is 11.1. The first-order chi connectivity index (χ1) is 8.83. The van der Waals surface area contributed by atoms with Gasteiger partial charge in [0.1, 0.15) is 11.5 Å². The molecule has 4 nitrogen and oxygen atoms in total. The molecule has 100 valence electrons. The molecule has 0 amide bonds. The molecule has 1 saturated carbocycles. The van der Waals surface area contributed by atoms with E-state index < -0.39 is 0 Å². The van der Waals surface area contributed by atoms with E-state index in [2.05, 4.69) is 5.48 Å². The van der Waals surface area contributed by atoms with Crippen molar-refractivity contribution < 1.29 is 14.3 Å². The lowest BCUT2D eigenvalue weighted by atomic mass is 10.2. The second-order valence-corrected chi connectivity index (χ2v) is 4.52. The van der Waals surface area contributed by atoms with Gasteiger partial charge in [-0.2, -0.15) is 5.48 Å². The van der Waals surface area contributed by atoms with Crippen molar-refractivity contribution >= 4 is 0 Å². The Morgan fingerprint density at radius 1 is 1.17 bits per heavy atom. The molecule has 1 aliphatic carbocycles. The van der Waals surface area contributed by atoms with Crippen LogP contribution in [-0.2, 0) is 11.4 Å². The van der Waals surface area contributed by atoms with E-state index in [-0.39, 0.29) is 0 Å². The zero-order chi connectivity index (χ0) is 12.8. The van der Waals surface area contributed by atoms with Crippen LogP contribution >= 0.6 is 0 Å². The summed E-state index contributed by atoms with van der Waals surface area (Å²) in [6.07, 6.45) is 5.24. The van der Waals surface area contributed by atoms with Crippen LogP contribution in [0.25, 0.3) is 0 Å². The average Bonchev–Trinajstić information content (AvgIpc) is 2.92. The minimum atomic E-state index is 0.370. The van der Waals surface area contributed by atoms with Gasteiger partial charge in [-0.25, -0.2) is 0 Å². The van der Waals surface area contributed by atoms with Crippen molar-refractivity contribution in [1.82, 2.24) is 5.48 Å². The van der Waals surface area contributed by atoms with Crippen LogP contribution in [-0.4, -0.2) is 20.3 Å². The van der Waals surface area contributed by atoms with Crippen molar-refractivity contribution in [2.24, 2.45) is 0 Å². The van der Waals surface area contributed by atoms with Gasteiger partial charge in [0.05, 0.1) is 20.3 Å². The van der Waals surface area contributed by atoms with Crippen molar-refractivity contribution in [2.75, 3.05) is 14.2 Å². The molecule has 1 aromatic rings. The number of ether oxygens (including phenoxy) is 2. The quantitative estimate of drug-likeness (QED) is 0.789. The standard InChI is InChI=1S/C14H21NO3/c1-16-13-8-7-11(14(9-13)17-2)10-15-18-12-5-3-4-6-12/h7-9,12,15H,3-6,10H2,1-2H3. The smallest absolute Gasteiger partial charge is 0.127 e. The number of nitrogens with one attached hydrogen (secondary N) is 1. The van der Waals surface area contributed by atoms with Crippen LogP contribution in [0.2, 0.25) is 0 Å².